The summed E-state index contributed by atoms with van der Waals surface area (Å²) in [7, 11) is -4.98. The van der Waals surface area contributed by atoms with E-state index in [1.807, 2.05) is 0 Å². The number of halogens is 3. The first kappa shape index (κ1) is 22.9. The molecule has 1 aromatic carbocycles. The third kappa shape index (κ3) is 4.76. The highest BCUT2D eigenvalue weighted by molar-refractivity contribution is 7.87. The van der Waals surface area contributed by atoms with Crippen molar-refractivity contribution in [2.45, 2.75) is 49.4 Å². The molecule has 1 aromatic rings. The van der Waals surface area contributed by atoms with Gasteiger partial charge in [-0.05, 0) is 0 Å². The Labute approximate surface area is 170 Å². The van der Waals surface area contributed by atoms with Crippen LogP contribution in [0.1, 0.15) is 18.8 Å². The molecule has 2 fully saturated rings. The van der Waals surface area contributed by atoms with Crippen LogP contribution in [-0.4, -0.2) is 64.3 Å². The fraction of sp³-hybridized carbons (Fsp3) is 0.588. The molecule has 0 N–H and O–H groups in total. The van der Waals surface area contributed by atoms with E-state index in [1.54, 1.807) is 30.3 Å². The first-order valence-corrected chi connectivity index (χ1v) is 10.1. The summed E-state index contributed by atoms with van der Waals surface area (Å²) in [5.41, 5.74) is -5.11. The zero-order chi connectivity index (χ0) is 22.1. The van der Waals surface area contributed by atoms with Crippen LogP contribution >= 0.6 is 0 Å². The maximum Gasteiger partial charge on any atom is 0.523 e. The summed E-state index contributed by atoms with van der Waals surface area (Å²) < 4.78 is 93.1. The molecule has 0 amide bonds. The van der Waals surface area contributed by atoms with Gasteiger partial charge in [-0.1, -0.05) is 30.3 Å². The predicted octanol–water partition coefficient (Wildman–Crippen LogP) is 1.64. The molecule has 168 valence electrons. The van der Waals surface area contributed by atoms with Gasteiger partial charge in [0.25, 0.3) is 0 Å². The summed E-state index contributed by atoms with van der Waals surface area (Å²) in [6.45, 7) is 0.927. The highest BCUT2D eigenvalue weighted by Gasteiger charge is 2.57. The molecule has 0 saturated carbocycles. The molecule has 9 nitrogen and oxygen atoms in total. The number of alkyl halides is 3. The third-order valence-corrected chi connectivity index (χ3v) is 5.45. The van der Waals surface area contributed by atoms with Gasteiger partial charge in [-0.25, -0.2) is 0 Å². The van der Waals surface area contributed by atoms with Crippen molar-refractivity contribution in [3.8, 4) is 0 Å². The lowest BCUT2D eigenvalue weighted by Gasteiger charge is -2.47. The van der Waals surface area contributed by atoms with Crippen LogP contribution in [0.15, 0.2) is 30.3 Å². The smallest absolute Gasteiger partial charge is 0.457 e. The molecule has 6 atom stereocenters. The first-order valence-electron chi connectivity index (χ1n) is 8.70. The molecule has 0 bridgehead atoms. The first-order chi connectivity index (χ1) is 14.0. The molecule has 30 heavy (non-hydrogen) atoms. The van der Waals surface area contributed by atoms with Crippen LogP contribution in [-0.2, 0) is 42.8 Å². The van der Waals surface area contributed by atoms with Gasteiger partial charge in [-0.3, -0.25) is 8.98 Å². The molecule has 0 aliphatic carbocycles. The molecule has 2 heterocycles. The predicted molar refractivity (Wildman–Crippen MR) is 91.1 cm³/mol. The number of fused-ring (bicyclic) bond motifs is 1. The molecule has 0 spiro atoms. The highest BCUT2D eigenvalue weighted by Crippen LogP contribution is 2.38. The molecule has 13 heteroatoms. The number of methoxy groups -OCH3 is 1. The van der Waals surface area contributed by atoms with Crippen molar-refractivity contribution in [2.24, 2.45) is 0 Å². The van der Waals surface area contributed by atoms with E-state index in [2.05, 4.69) is 4.18 Å². The van der Waals surface area contributed by atoms with E-state index in [9.17, 15) is 26.4 Å². The SMILES string of the molecule is CO[C@H]1O[C@@H]2COC(c3ccccc3)O[C@H]2[C@H](OC(C)=O)[C@@H]1OS(=O)(=O)C(F)(F)F. The van der Waals surface area contributed by atoms with Crippen molar-refractivity contribution in [1.29, 1.82) is 0 Å². The summed E-state index contributed by atoms with van der Waals surface area (Å²) in [5.74, 6) is -0.889. The van der Waals surface area contributed by atoms with Crippen LogP contribution < -0.4 is 0 Å². The lowest BCUT2D eigenvalue weighted by atomic mass is 9.97. The third-order valence-electron chi connectivity index (χ3n) is 4.41. The van der Waals surface area contributed by atoms with Crippen LogP contribution in [0.2, 0.25) is 0 Å². The zero-order valence-corrected chi connectivity index (χ0v) is 16.6. The highest BCUT2D eigenvalue weighted by atomic mass is 32.2. The van der Waals surface area contributed by atoms with Crippen LogP contribution in [0.25, 0.3) is 0 Å². The number of carbonyl (C=O) groups excluding carboxylic acids is 1. The van der Waals surface area contributed by atoms with Crippen LogP contribution in [0.3, 0.4) is 0 Å². The van der Waals surface area contributed by atoms with E-state index in [4.69, 9.17) is 23.7 Å². The Balaban J connectivity index is 1.92. The van der Waals surface area contributed by atoms with Gasteiger partial charge >= 0.3 is 21.6 Å². The van der Waals surface area contributed by atoms with Gasteiger partial charge in [0, 0.05) is 19.6 Å². The summed E-state index contributed by atoms with van der Waals surface area (Å²) >= 11 is 0. The Morgan fingerprint density at radius 2 is 1.80 bits per heavy atom. The number of benzene rings is 1. The zero-order valence-electron chi connectivity index (χ0n) is 15.8. The average Bonchev–Trinajstić information content (AvgIpc) is 2.68. The van der Waals surface area contributed by atoms with E-state index >= 15 is 0 Å². The Hall–Kier alpha value is -1.77. The second-order valence-corrected chi connectivity index (χ2v) is 8.05. The monoisotopic (exact) mass is 456 g/mol. The van der Waals surface area contributed by atoms with E-state index in [0.717, 1.165) is 14.0 Å². The number of hydrogen-bond acceptors (Lipinski definition) is 9. The molecular weight excluding hydrogens is 437 g/mol. The van der Waals surface area contributed by atoms with Crippen molar-refractivity contribution >= 4 is 16.1 Å². The van der Waals surface area contributed by atoms with Crippen LogP contribution in [0.5, 0.6) is 0 Å². The van der Waals surface area contributed by atoms with Gasteiger partial charge in [0.2, 0.25) is 0 Å². The lowest BCUT2D eigenvalue weighted by Crippen LogP contribution is -2.64. The Morgan fingerprint density at radius 1 is 1.13 bits per heavy atom. The maximum absolute atomic E-state index is 12.9. The molecule has 2 aliphatic rings. The molecule has 1 unspecified atom stereocenters. The fourth-order valence-corrected chi connectivity index (χ4v) is 3.75. The maximum atomic E-state index is 12.9. The number of ether oxygens (including phenoxy) is 5. The van der Waals surface area contributed by atoms with E-state index in [0.29, 0.717) is 5.56 Å². The molecular formula is C17H19F3O9S. The van der Waals surface area contributed by atoms with Crippen molar-refractivity contribution in [1.82, 2.24) is 0 Å². The Morgan fingerprint density at radius 3 is 2.37 bits per heavy atom. The number of hydrogen-bond donors (Lipinski definition) is 0. The average molecular weight is 456 g/mol. The standard InChI is InChI=1S/C17H19F3O9S/c1-9(21)26-13-12-11(8-25-15(28-12)10-6-4-3-5-7-10)27-16(24-2)14(13)29-30(22,23)17(18,19)20/h3-7,11-16H,8H2,1-2H3/t11-,12-,13+,14+,15?,16+/m1/s1. The largest absolute Gasteiger partial charge is 0.523 e. The lowest BCUT2D eigenvalue weighted by molar-refractivity contribution is -0.355. The minimum atomic E-state index is -6.05. The van der Waals surface area contributed by atoms with Gasteiger partial charge in [-0.15, -0.1) is 0 Å². The second-order valence-electron chi connectivity index (χ2n) is 6.49. The molecule has 0 aromatic heterocycles. The van der Waals surface area contributed by atoms with Crippen molar-refractivity contribution < 1.29 is 54.3 Å². The van der Waals surface area contributed by atoms with Gasteiger partial charge < -0.3 is 23.7 Å². The Kier molecular flexibility index (Phi) is 6.69. The normalized spacial score (nSPS) is 32.3. The van der Waals surface area contributed by atoms with Gasteiger partial charge in [-0.2, -0.15) is 21.6 Å². The van der Waals surface area contributed by atoms with Crippen molar-refractivity contribution in [2.75, 3.05) is 13.7 Å². The number of rotatable bonds is 5. The number of esters is 1. The number of carbonyl (C=O) groups is 1. The summed E-state index contributed by atoms with van der Waals surface area (Å²) in [5, 5.41) is 0. The van der Waals surface area contributed by atoms with Gasteiger partial charge in [0.15, 0.2) is 24.8 Å². The van der Waals surface area contributed by atoms with Crippen molar-refractivity contribution in [3.63, 3.8) is 0 Å². The van der Waals surface area contributed by atoms with Crippen LogP contribution in [0.4, 0.5) is 13.2 Å². The molecule has 2 saturated heterocycles. The van der Waals surface area contributed by atoms with E-state index in [1.165, 1.54) is 0 Å². The fourth-order valence-electron chi connectivity index (χ4n) is 3.15. The minimum Gasteiger partial charge on any atom is -0.457 e. The molecule has 3 rings (SSSR count). The summed E-state index contributed by atoms with van der Waals surface area (Å²) in [4.78, 5) is 11.6. The van der Waals surface area contributed by atoms with E-state index < -0.39 is 58.6 Å². The second kappa shape index (κ2) is 8.77. The Bertz CT molecular complexity index is 846. The topological polar surface area (TPSA) is 107 Å². The van der Waals surface area contributed by atoms with E-state index in [-0.39, 0.29) is 6.61 Å². The molecule has 2 aliphatic heterocycles. The summed E-state index contributed by atoms with van der Waals surface area (Å²) in [6.07, 6.45) is -8.22. The summed E-state index contributed by atoms with van der Waals surface area (Å²) in [6, 6.07) is 8.58. The van der Waals surface area contributed by atoms with Crippen molar-refractivity contribution in [3.05, 3.63) is 35.9 Å². The quantitative estimate of drug-likeness (QED) is 0.371. The van der Waals surface area contributed by atoms with Gasteiger partial charge in [0.1, 0.15) is 12.2 Å². The van der Waals surface area contributed by atoms with Gasteiger partial charge in [0.05, 0.1) is 6.61 Å². The molecule has 0 radical (unpaired) electrons. The van der Waals surface area contributed by atoms with Crippen LogP contribution in [0, 0.1) is 0 Å². The minimum absolute atomic E-state index is 0.0827.